The van der Waals surface area contributed by atoms with Crippen LogP contribution < -0.4 is 4.74 Å². The number of benzene rings is 1. The molecule has 0 saturated heterocycles. The summed E-state index contributed by atoms with van der Waals surface area (Å²) >= 11 is 1.40. The first-order valence-electron chi connectivity index (χ1n) is 9.29. The largest absolute Gasteiger partial charge is 0.498 e. The van der Waals surface area contributed by atoms with E-state index in [9.17, 15) is 5.26 Å². The third kappa shape index (κ3) is 3.90. The second-order valence-electron chi connectivity index (χ2n) is 6.60. The van der Waals surface area contributed by atoms with Crippen LogP contribution in [0.3, 0.4) is 0 Å². The van der Waals surface area contributed by atoms with Gasteiger partial charge < -0.3 is 14.2 Å². The van der Waals surface area contributed by atoms with E-state index in [0.29, 0.717) is 23.7 Å². The number of ether oxygens (including phenoxy) is 3. The maximum Gasteiger partial charge on any atom is 0.150 e. The van der Waals surface area contributed by atoms with E-state index in [0.717, 1.165) is 28.6 Å². The number of hydrogen-bond acceptors (Lipinski definition) is 6. The Balaban J connectivity index is 1.56. The van der Waals surface area contributed by atoms with Crippen molar-refractivity contribution in [3.05, 3.63) is 70.3 Å². The number of aromatic nitrogens is 2. The SMILES string of the molecule is COC1=Cc2ncn(-c3cc(OCCc4ccccc4)c(C#N)s3)c2CC1OC. The maximum atomic E-state index is 9.54. The van der Waals surface area contributed by atoms with Crippen molar-refractivity contribution >= 4 is 17.4 Å². The first-order valence-corrected chi connectivity index (χ1v) is 10.1. The van der Waals surface area contributed by atoms with Gasteiger partial charge in [0.1, 0.15) is 39.9 Å². The molecule has 7 heteroatoms. The van der Waals surface area contributed by atoms with E-state index in [2.05, 4.69) is 23.2 Å². The van der Waals surface area contributed by atoms with Gasteiger partial charge in [0.05, 0.1) is 25.1 Å². The highest BCUT2D eigenvalue weighted by Gasteiger charge is 2.27. The van der Waals surface area contributed by atoms with E-state index >= 15 is 0 Å². The van der Waals surface area contributed by atoms with E-state index in [4.69, 9.17) is 14.2 Å². The molecule has 1 aliphatic carbocycles. The Morgan fingerprint density at radius 1 is 1.28 bits per heavy atom. The fraction of sp³-hybridized carbons (Fsp3) is 0.273. The number of thiophene rings is 1. The minimum atomic E-state index is -0.153. The van der Waals surface area contributed by atoms with Gasteiger partial charge in [-0.15, -0.1) is 11.3 Å². The molecule has 0 saturated carbocycles. The Bertz CT molecular complexity index is 1060. The van der Waals surface area contributed by atoms with E-state index < -0.39 is 0 Å². The van der Waals surface area contributed by atoms with Crippen molar-refractivity contribution in [2.75, 3.05) is 20.8 Å². The van der Waals surface area contributed by atoms with E-state index in [-0.39, 0.29) is 6.10 Å². The number of hydrogen-bond donors (Lipinski definition) is 0. The zero-order chi connectivity index (χ0) is 20.2. The van der Waals surface area contributed by atoms with Crippen LogP contribution in [0, 0.1) is 11.3 Å². The molecule has 1 unspecified atom stereocenters. The first-order chi connectivity index (χ1) is 14.2. The van der Waals surface area contributed by atoms with Gasteiger partial charge in [-0.1, -0.05) is 30.3 Å². The predicted octanol–water partition coefficient (Wildman–Crippen LogP) is 3.99. The number of imidazole rings is 1. The highest BCUT2D eigenvalue weighted by atomic mass is 32.1. The van der Waals surface area contributed by atoms with Crippen LogP contribution in [0.15, 0.2) is 48.5 Å². The molecule has 1 atom stereocenters. The molecule has 1 aromatic carbocycles. The van der Waals surface area contributed by atoms with Crippen molar-refractivity contribution < 1.29 is 14.2 Å². The number of nitriles is 1. The van der Waals surface area contributed by atoms with Gasteiger partial charge in [0.25, 0.3) is 0 Å². The minimum Gasteiger partial charge on any atom is -0.498 e. The van der Waals surface area contributed by atoms with Crippen LogP contribution in [0.5, 0.6) is 5.75 Å². The third-order valence-corrected chi connectivity index (χ3v) is 5.93. The Morgan fingerprint density at radius 3 is 2.83 bits per heavy atom. The van der Waals surface area contributed by atoms with E-state index in [1.54, 1.807) is 20.5 Å². The monoisotopic (exact) mass is 407 g/mol. The lowest BCUT2D eigenvalue weighted by molar-refractivity contribution is 0.0784. The molecule has 1 aliphatic rings. The van der Waals surface area contributed by atoms with Gasteiger partial charge in [0.15, 0.2) is 0 Å². The number of nitrogens with zero attached hydrogens (tertiary/aromatic N) is 3. The number of rotatable bonds is 7. The molecule has 0 aliphatic heterocycles. The Hall–Kier alpha value is -3.08. The summed E-state index contributed by atoms with van der Waals surface area (Å²) < 4.78 is 18.9. The van der Waals surface area contributed by atoms with Gasteiger partial charge in [0, 0.05) is 32.1 Å². The smallest absolute Gasteiger partial charge is 0.150 e. The summed E-state index contributed by atoms with van der Waals surface area (Å²) in [6.07, 6.45) is 4.96. The molecule has 2 aromatic heterocycles. The average molecular weight is 407 g/mol. The molecular formula is C22H21N3O3S. The highest BCUT2D eigenvalue weighted by molar-refractivity contribution is 7.15. The van der Waals surface area contributed by atoms with Crippen LogP contribution in [0.25, 0.3) is 11.1 Å². The van der Waals surface area contributed by atoms with Gasteiger partial charge in [-0.3, -0.25) is 4.57 Å². The van der Waals surface area contributed by atoms with Gasteiger partial charge in [-0.05, 0) is 5.56 Å². The van der Waals surface area contributed by atoms with E-state index in [1.807, 2.05) is 34.9 Å². The topological polar surface area (TPSA) is 69.3 Å². The van der Waals surface area contributed by atoms with Crippen molar-refractivity contribution in [2.24, 2.45) is 0 Å². The summed E-state index contributed by atoms with van der Waals surface area (Å²) in [4.78, 5) is 5.06. The number of methoxy groups -OCH3 is 2. The zero-order valence-corrected chi connectivity index (χ0v) is 17.1. The summed E-state index contributed by atoms with van der Waals surface area (Å²) in [5.74, 6) is 1.37. The molecule has 0 radical (unpaired) electrons. The molecule has 29 heavy (non-hydrogen) atoms. The fourth-order valence-electron chi connectivity index (χ4n) is 3.38. The molecule has 4 rings (SSSR count). The summed E-state index contributed by atoms with van der Waals surface area (Å²) in [6, 6.07) is 14.3. The predicted molar refractivity (Wildman–Crippen MR) is 111 cm³/mol. The van der Waals surface area contributed by atoms with Crippen molar-refractivity contribution in [2.45, 2.75) is 18.9 Å². The fourth-order valence-corrected chi connectivity index (χ4v) is 4.28. The van der Waals surface area contributed by atoms with Gasteiger partial charge in [-0.2, -0.15) is 5.26 Å². The molecule has 0 amide bonds. The van der Waals surface area contributed by atoms with E-state index in [1.165, 1.54) is 16.9 Å². The summed E-state index contributed by atoms with van der Waals surface area (Å²) in [5.41, 5.74) is 3.09. The third-order valence-electron chi connectivity index (χ3n) is 4.91. The molecule has 0 spiro atoms. The van der Waals surface area contributed by atoms with Gasteiger partial charge >= 0.3 is 0 Å². The molecule has 2 heterocycles. The van der Waals surface area contributed by atoms with Crippen LogP contribution in [0.4, 0.5) is 0 Å². The van der Waals surface area contributed by atoms with Crippen molar-refractivity contribution in [1.29, 1.82) is 5.26 Å². The van der Waals surface area contributed by atoms with Gasteiger partial charge in [-0.25, -0.2) is 4.98 Å². The van der Waals surface area contributed by atoms with Crippen molar-refractivity contribution in [1.82, 2.24) is 9.55 Å². The van der Waals surface area contributed by atoms with Crippen LogP contribution >= 0.6 is 11.3 Å². The Kier molecular flexibility index (Phi) is 5.65. The van der Waals surface area contributed by atoms with Crippen LogP contribution in [0.2, 0.25) is 0 Å². The molecule has 148 valence electrons. The summed E-state index contributed by atoms with van der Waals surface area (Å²) in [7, 11) is 3.30. The molecule has 0 bridgehead atoms. The molecule has 3 aromatic rings. The van der Waals surface area contributed by atoms with Crippen molar-refractivity contribution in [3.8, 4) is 16.8 Å². The quantitative estimate of drug-likeness (QED) is 0.592. The summed E-state index contributed by atoms with van der Waals surface area (Å²) in [6.45, 7) is 0.516. The Labute approximate surface area is 173 Å². The maximum absolute atomic E-state index is 9.54. The normalized spacial score (nSPS) is 15.3. The lowest BCUT2D eigenvalue weighted by atomic mass is 10.0. The average Bonchev–Trinajstić information content (AvgIpc) is 3.36. The molecular weight excluding hydrogens is 386 g/mol. The Morgan fingerprint density at radius 2 is 2.10 bits per heavy atom. The van der Waals surface area contributed by atoms with Crippen LogP contribution in [-0.2, 0) is 22.3 Å². The molecule has 6 nitrogen and oxygen atoms in total. The minimum absolute atomic E-state index is 0.153. The number of fused-ring (bicyclic) bond motifs is 1. The highest BCUT2D eigenvalue weighted by Crippen LogP contribution is 2.35. The molecule has 0 fully saturated rings. The second-order valence-corrected chi connectivity index (χ2v) is 7.63. The lowest BCUT2D eigenvalue weighted by Crippen LogP contribution is -2.23. The first kappa shape index (κ1) is 19.2. The molecule has 0 N–H and O–H groups in total. The van der Waals surface area contributed by atoms with Crippen LogP contribution in [0.1, 0.15) is 21.8 Å². The lowest BCUT2D eigenvalue weighted by Gasteiger charge is -2.22. The summed E-state index contributed by atoms with van der Waals surface area (Å²) in [5, 5.41) is 10.4. The standard InChI is InChI=1S/C22H21N3O3S/c1-26-18-10-16-17(11-19(18)27-2)25(14-24-16)22-12-20(21(13-23)29-22)28-9-8-15-6-4-3-5-7-15/h3-7,10,12,14,19H,8-9,11H2,1-2H3. The van der Waals surface area contributed by atoms with Crippen molar-refractivity contribution in [3.63, 3.8) is 0 Å². The van der Waals surface area contributed by atoms with Crippen LogP contribution in [-0.4, -0.2) is 36.5 Å². The second kappa shape index (κ2) is 8.52. The zero-order valence-electron chi connectivity index (χ0n) is 16.3. The van der Waals surface area contributed by atoms with Gasteiger partial charge in [0.2, 0.25) is 0 Å².